The highest BCUT2D eigenvalue weighted by Gasteiger charge is 2.28. The summed E-state index contributed by atoms with van der Waals surface area (Å²) in [5, 5.41) is 19.6. The van der Waals surface area contributed by atoms with Crippen LogP contribution in [0.2, 0.25) is 0 Å². The summed E-state index contributed by atoms with van der Waals surface area (Å²) in [6.07, 6.45) is 3.85. The molecule has 156 valence electrons. The Bertz CT molecular complexity index is 1230. The lowest BCUT2D eigenvalue weighted by atomic mass is 10.1. The lowest BCUT2D eigenvalue weighted by Crippen LogP contribution is -2.13. The van der Waals surface area contributed by atoms with Crippen molar-refractivity contribution < 1.29 is 9.32 Å². The number of carbonyl (C=O) groups excluding carboxylic acids is 1. The van der Waals surface area contributed by atoms with E-state index in [1.807, 2.05) is 41.9 Å². The van der Waals surface area contributed by atoms with E-state index in [4.69, 9.17) is 4.52 Å². The van der Waals surface area contributed by atoms with Crippen LogP contribution in [0.25, 0.3) is 11.4 Å². The minimum atomic E-state index is -0.231. The van der Waals surface area contributed by atoms with E-state index < -0.39 is 0 Å². The van der Waals surface area contributed by atoms with Crippen LogP contribution in [-0.4, -0.2) is 36.3 Å². The van der Waals surface area contributed by atoms with Crippen molar-refractivity contribution in [2.75, 3.05) is 5.32 Å². The van der Waals surface area contributed by atoms with E-state index in [-0.39, 0.29) is 5.91 Å². The maximum absolute atomic E-state index is 13.0. The van der Waals surface area contributed by atoms with Gasteiger partial charge in [-0.15, -0.1) is 5.10 Å². The molecule has 0 spiro atoms. The Balaban J connectivity index is 1.33. The molecule has 1 amide bonds. The van der Waals surface area contributed by atoms with Crippen LogP contribution in [0.4, 0.5) is 5.69 Å². The quantitative estimate of drug-likeness (QED) is 0.437. The normalized spacial score (nSPS) is 13.3. The number of pyridine rings is 1. The van der Waals surface area contributed by atoms with E-state index in [0.29, 0.717) is 33.9 Å². The number of aromatic nitrogens is 6. The van der Waals surface area contributed by atoms with Gasteiger partial charge in [0.05, 0.1) is 17.3 Å². The maximum Gasteiger partial charge on any atom is 0.258 e. The molecule has 1 N–H and O–H groups in total. The second kappa shape index (κ2) is 8.31. The lowest BCUT2D eigenvalue weighted by Gasteiger charge is -2.10. The van der Waals surface area contributed by atoms with Crippen LogP contribution < -0.4 is 5.32 Å². The number of rotatable bonds is 7. The molecular formula is C21H19N7O2S. The standard InChI is InChI=1S/C21H19N7O2S/c1-13-10-16(25-30-13)12-31-21-18(6-3-9-22-21)20(29)23-15-5-2-4-14(11-15)19-24-26-27-28(19)17-7-8-17/h2-6,9-11,17H,7-8,12H2,1H3,(H,23,29). The van der Waals surface area contributed by atoms with E-state index in [1.54, 1.807) is 18.3 Å². The fourth-order valence-electron chi connectivity index (χ4n) is 3.19. The van der Waals surface area contributed by atoms with Crippen LogP contribution >= 0.6 is 11.8 Å². The Morgan fingerprint density at radius 2 is 2.16 bits per heavy atom. The number of hydrogen-bond donors (Lipinski definition) is 1. The number of anilines is 1. The fraction of sp³-hybridized carbons (Fsp3) is 0.238. The summed E-state index contributed by atoms with van der Waals surface area (Å²) < 4.78 is 6.95. The zero-order valence-electron chi connectivity index (χ0n) is 16.7. The lowest BCUT2D eigenvalue weighted by molar-refractivity contribution is 0.102. The molecule has 0 aliphatic heterocycles. The number of tetrazole rings is 1. The Morgan fingerprint density at radius 1 is 1.26 bits per heavy atom. The molecule has 0 saturated heterocycles. The van der Waals surface area contributed by atoms with Crippen molar-refractivity contribution in [1.82, 2.24) is 30.3 Å². The number of nitrogens with one attached hydrogen (secondary N) is 1. The number of benzene rings is 1. The van der Waals surface area contributed by atoms with Gasteiger partial charge in [0.15, 0.2) is 5.82 Å². The minimum Gasteiger partial charge on any atom is -0.361 e. The zero-order chi connectivity index (χ0) is 21.2. The molecule has 0 atom stereocenters. The van der Waals surface area contributed by atoms with Gasteiger partial charge in [0.25, 0.3) is 5.91 Å². The van der Waals surface area contributed by atoms with E-state index in [1.165, 1.54) is 11.8 Å². The molecule has 5 rings (SSSR count). The highest BCUT2D eigenvalue weighted by molar-refractivity contribution is 7.98. The molecule has 9 nitrogen and oxygen atoms in total. The van der Waals surface area contributed by atoms with Crippen LogP contribution in [0.3, 0.4) is 0 Å². The number of hydrogen-bond acceptors (Lipinski definition) is 8. The first-order valence-electron chi connectivity index (χ1n) is 9.87. The molecule has 0 bridgehead atoms. The molecule has 1 aliphatic carbocycles. The van der Waals surface area contributed by atoms with Crippen molar-refractivity contribution in [1.29, 1.82) is 0 Å². The first-order valence-corrected chi connectivity index (χ1v) is 10.9. The molecule has 0 radical (unpaired) electrons. The van der Waals surface area contributed by atoms with E-state index >= 15 is 0 Å². The minimum absolute atomic E-state index is 0.231. The molecule has 0 unspecified atom stereocenters. The maximum atomic E-state index is 13.0. The number of nitrogens with zero attached hydrogens (tertiary/aromatic N) is 6. The Labute approximate surface area is 182 Å². The summed E-state index contributed by atoms with van der Waals surface area (Å²) in [4.78, 5) is 17.4. The van der Waals surface area contributed by atoms with Crippen LogP contribution in [-0.2, 0) is 5.75 Å². The average molecular weight is 433 g/mol. The largest absolute Gasteiger partial charge is 0.361 e. The summed E-state index contributed by atoms with van der Waals surface area (Å²) in [6, 6.07) is 13.3. The number of carbonyl (C=O) groups is 1. The molecule has 4 aromatic rings. The Kier molecular flexibility index (Phi) is 5.21. The fourth-order valence-corrected chi connectivity index (χ4v) is 4.06. The van der Waals surface area contributed by atoms with Crippen molar-refractivity contribution >= 4 is 23.4 Å². The molecule has 1 aliphatic rings. The van der Waals surface area contributed by atoms with Gasteiger partial charge >= 0.3 is 0 Å². The van der Waals surface area contributed by atoms with Crippen LogP contribution in [0, 0.1) is 6.92 Å². The number of amides is 1. The van der Waals surface area contributed by atoms with Crippen molar-refractivity contribution in [3.8, 4) is 11.4 Å². The molecule has 3 aromatic heterocycles. The van der Waals surface area contributed by atoms with Gasteiger partial charge in [-0.05, 0) is 54.5 Å². The molecule has 1 aromatic carbocycles. The van der Waals surface area contributed by atoms with Crippen molar-refractivity contribution in [3.05, 3.63) is 65.7 Å². The smallest absolute Gasteiger partial charge is 0.258 e. The molecule has 1 fully saturated rings. The SMILES string of the molecule is Cc1cc(CSc2ncccc2C(=O)Nc2cccc(-c3nnnn3C3CC3)c2)no1. The van der Waals surface area contributed by atoms with Crippen LogP contribution in [0.1, 0.15) is 40.7 Å². The van der Waals surface area contributed by atoms with Gasteiger partial charge in [0.2, 0.25) is 0 Å². The topological polar surface area (TPSA) is 112 Å². The van der Waals surface area contributed by atoms with Gasteiger partial charge in [-0.25, -0.2) is 9.67 Å². The zero-order valence-corrected chi connectivity index (χ0v) is 17.5. The summed E-state index contributed by atoms with van der Waals surface area (Å²) >= 11 is 1.44. The van der Waals surface area contributed by atoms with Crippen molar-refractivity contribution in [3.63, 3.8) is 0 Å². The third-order valence-electron chi connectivity index (χ3n) is 4.81. The second-order valence-electron chi connectivity index (χ2n) is 7.29. The number of aryl methyl sites for hydroxylation is 1. The van der Waals surface area contributed by atoms with Crippen molar-refractivity contribution in [2.24, 2.45) is 0 Å². The predicted molar refractivity (Wildman–Crippen MR) is 115 cm³/mol. The van der Waals surface area contributed by atoms with Gasteiger partial charge in [-0.3, -0.25) is 4.79 Å². The summed E-state index contributed by atoms with van der Waals surface area (Å²) in [7, 11) is 0. The summed E-state index contributed by atoms with van der Waals surface area (Å²) in [6.45, 7) is 1.85. The molecular weight excluding hydrogens is 414 g/mol. The predicted octanol–water partition coefficient (Wildman–Crippen LogP) is 3.91. The summed E-state index contributed by atoms with van der Waals surface area (Å²) in [5.41, 5.74) is 2.83. The van der Waals surface area contributed by atoms with Crippen molar-refractivity contribution in [2.45, 2.75) is 36.6 Å². The van der Waals surface area contributed by atoms with E-state index in [2.05, 4.69) is 31.0 Å². The van der Waals surface area contributed by atoms with Gasteiger partial charge < -0.3 is 9.84 Å². The first kappa shape index (κ1) is 19.4. The van der Waals surface area contributed by atoms with E-state index in [0.717, 1.165) is 29.9 Å². The highest BCUT2D eigenvalue weighted by atomic mass is 32.2. The van der Waals surface area contributed by atoms with Crippen LogP contribution in [0.15, 0.2) is 58.2 Å². The number of thioether (sulfide) groups is 1. The Morgan fingerprint density at radius 3 is 2.97 bits per heavy atom. The van der Waals surface area contributed by atoms with Gasteiger partial charge in [0.1, 0.15) is 10.8 Å². The Hall–Kier alpha value is -3.53. The summed E-state index contributed by atoms with van der Waals surface area (Å²) in [5.74, 6) is 1.79. The monoisotopic (exact) mass is 433 g/mol. The first-order chi connectivity index (χ1) is 15.2. The van der Waals surface area contributed by atoms with Gasteiger partial charge in [-0.1, -0.05) is 29.1 Å². The van der Waals surface area contributed by atoms with Crippen LogP contribution in [0.5, 0.6) is 0 Å². The van der Waals surface area contributed by atoms with Gasteiger partial charge in [0, 0.05) is 29.3 Å². The highest BCUT2D eigenvalue weighted by Crippen LogP contribution is 2.36. The average Bonchev–Trinajstić information content (AvgIpc) is 3.35. The van der Waals surface area contributed by atoms with Gasteiger partial charge in [-0.2, -0.15) is 0 Å². The molecule has 1 saturated carbocycles. The second-order valence-corrected chi connectivity index (χ2v) is 8.25. The molecule has 31 heavy (non-hydrogen) atoms. The third-order valence-corrected chi connectivity index (χ3v) is 5.85. The molecule has 3 heterocycles. The molecule has 10 heteroatoms. The third kappa shape index (κ3) is 4.33. The van der Waals surface area contributed by atoms with E-state index in [9.17, 15) is 4.79 Å².